The van der Waals surface area contributed by atoms with E-state index >= 15 is 0 Å². The van der Waals surface area contributed by atoms with Crippen molar-refractivity contribution < 1.29 is 9.53 Å². The van der Waals surface area contributed by atoms with Crippen molar-refractivity contribution in [3.8, 4) is 0 Å². The number of fused-ring (bicyclic) bond motifs is 1. The molecule has 0 bridgehead atoms. The van der Waals surface area contributed by atoms with Gasteiger partial charge in [0, 0.05) is 12.6 Å². The van der Waals surface area contributed by atoms with Crippen molar-refractivity contribution in [2.45, 2.75) is 38.3 Å². The van der Waals surface area contributed by atoms with Crippen molar-refractivity contribution in [2.24, 2.45) is 0 Å². The Hall–Kier alpha value is -1.56. The molecule has 1 aromatic rings. The maximum absolute atomic E-state index is 11.7. The Kier molecular flexibility index (Phi) is 3.18. The van der Waals surface area contributed by atoms with Gasteiger partial charge in [0.1, 0.15) is 5.82 Å². The summed E-state index contributed by atoms with van der Waals surface area (Å²) in [4.78, 5) is 18.4. The minimum Gasteiger partial charge on any atom is -0.461 e. The number of imidazole rings is 1. The van der Waals surface area contributed by atoms with E-state index < -0.39 is 5.97 Å². The first kappa shape index (κ1) is 12.5. The van der Waals surface area contributed by atoms with Crippen molar-refractivity contribution in [2.75, 3.05) is 25.4 Å². The van der Waals surface area contributed by atoms with Crippen LogP contribution in [0, 0.1) is 0 Å². The molecular formula is C13H20N4O2. The summed E-state index contributed by atoms with van der Waals surface area (Å²) in [6, 6.07) is 0.893. The first-order valence-corrected chi connectivity index (χ1v) is 6.95. The zero-order valence-corrected chi connectivity index (χ0v) is 11.2. The number of hydrogen-bond acceptors (Lipinski definition) is 5. The van der Waals surface area contributed by atoms with Gasteiger partial charge >= 0.3 is 5.97 Å². The molecule has 0 aromatic carbocycles. The molecule has 0 saturated carbocycles. The minimum atomic E-state index is -0.431. The van der Waals surface area contributed by atoms with Gasteiger partial charge in [0.15, 0.2) is 5.69 Å². The minimum absolute atomic E-state index is 0.248. The number of nitrogens with two attached hydrogens (primary N) is 1. The van der Waals surface area contributed by atoms with Gasteiger partial charge in [0.2, 0.25) is 0 Å². The molecule has 2 saturated heterocycles. The summed E-state index contributed by atoms with van der Waals surface area (Å²) in [6.07, 6.45) is 5.22. The average Bonchev–Trinajstić information content (AvgIpc) is 3.04. The van der Waals surface area contributed by atoms with Gasteiger partial charge in [0.25, 0.3) is 0 Å². The Morgan fingerprint density at radius 2 is 2.32 bits per heavy atom. The van der Waals surface area contributed by atoms with Gasteiger partial charge in [-0.2, -0.15) is 0 Å². The van der Waals surface area contributed by atoms with Crippen LogP contribution in [0.1, 0.15) is 42.7 Å². The summed E-state index contributed by atoms with van der Waals surface area (Å²) in [5.74, 6) is 0.0113. The summed E-state index contributed by atoms with van der Waals surface area (Å²) in [7, 11) is 0. The first-order chi connectivity index (χ1) is 9.22. The average molecular weight is 264 g/mol. The van der Waals surface area contributed by atoms with E-state index in [2.05, 4.69) is 9.88 Å². The lowest BCUT2D eigenvalue weighted by Crippen LogP contribution is -2.28. The molecule has 0 spiro atoms. The molecule has 6 heteroatoms. The molecule has 2 atom stereocenters. The number of ether oxygens (including phenoxy) is 1. The maximum atomic E-state index is 11.7. The second-order valence-electron chi connectivity index (χ2n) is 5.21. The number of carbonyl (C=O) groups excluding carboxylic acids is 1. The number of aromatic nitrogens is 2. The lowest BCUT2D eigenvalue weighted by molar-refractivity contribution is 0.0521. The quantitative estimate of drug-likeness (QED) is 0.826. The fraction of sp³-hybridized carbons (Fsp3) is 0.692. The van der Waals surface area contributed by atoms with Gasteiger partial charge in [-0.3, -0.25) is 4.90 Å². The van der Waals surface area contributed by atoms with E-state index in [4.69, 9.17) is 10.5 Å². The fourth-order valence-corrected chi connectivity index (χ4v) is 3.37. The molecule has 104 valence electrons. The Balaban J connectivity index is 1.84. The smallest absolute Gasteiger partial charge is 0.360 e. The molecule has 0 aliphatic carbocycles. The van der Waals surface area contributed by atoms with Crippen LogP contribution < -0.4 is 5.73 Å². The summed E-state index contributed by atoms with van der Waals surface area (Å²) in [5.41, 5.74) is 6.33. The molecule has 6 nitrogen and oxygen atoms in total. The molecule has 0 amide bonds. The van der Waals surface area contributed by atoms with Crippen LogP contribution in [0.15, 0.2) is 6.33 Å². The van der Waals surface area contributed by atoms with Gasteiger partial charge in [0.05, 0.1) is 19.0 Å². The molecule has 3 heterocycles. The zero-order valence-electron chi connectivity index (χ0n) is 11.2. The fourth-order valence-electron chi connectivity index (χ4n) is 3.37. The summed E-state index contributed by atoms with van der Waals surface area (Å²) in [6.45, 7) is 4.41. The van der Waals surface area contributed by atoms with Gasteiger partial charge in [-0.05, 0) is 32.7 Å². The first-order valence-electron chi connectivity index (χ1n) is 6.95. The monoisotopic (exact) mass is 264 g/mol. The number of esters is 1. The summed E-state index contributed by atoms with van der Waals surface area (Å²) in [5, 5.41) is 0. The lowest BCUT2D eigenvalue weighted by Gasteiger charge is -2.22. The van der Waals surface area contributed by atoms with E-state index in [1.54, 1.807) is 13.3 Å². The van der Waals surface area contributed by atoms with E-state index in [-0.39, 0.29) is 5.69 Å². The highest BCUT2D eigenvalue weighted by atomic mass is 16.5. The Bertz CT molecular complexity index is 485. The number of hydrogen-bond donors (Lipinski definition) is 1. The van der Waals surface area contributed by atoms with Gasteiger partial charge in [-0.1, -0.05) is 0 Å². The Morgan fingerprint density at radius 3 is 3.11 bits per heavy atom. The molecule has 19 heavy (non-hydrogen) atoms. The second kappa shape index (κ2) is 4.85. The van der Waals surface area contributed by atoms with Crippen LogP contribution in [0.25, 0.3) is 0 Å². The van der Waals surface area contributed by atoms with Crippen LogP contribution in [-0.4, -0.2) is 46.2 Å². The van der Waals surface area contributed by atoms with Crippen LogP contribution >= 0.6 is 0 Å². The van der Waals surface area contributed by atoms with Gasteiger partial charge in [-0.15, -0.1) is 0 Å². The number of anilines is 1. The van der Waals surface area contributed by atoms with E-state index in [0.717, 1.165) is 13.0 Å². The molecule has 3 rings (SSSR count). The highest BCUT2D eigenvalue weighted by Gasteiger charge is 2.39. The van der Waals surface area contributed by atoms with Gasteiger partial charge in [-0.25, -0.2) is 9.78 Å². The van der Waals surface area contributed by atoms with Crippen molar-refractivity contribution in [3.05, 3.63) is 12.0 Å². The molecule has 2 aliphatic heterocycles. The standard InChI is InChI=1S/C13H20N4O2/c1-2-19-13(18)11-12(14)17(8-15-11)10-5-7-16-6-3-4-9(10)16/h8-10H,2-7,14H2,1H3. The third kappa shape index (κ3) is 2.00. The molecule has 2 N–H and O–H groups in total. The predicted octanol–water partition coefficient (Wildman–Crippen LogP) is 1.05. The molecule has 2 fully saturated rings. The highest BCUT2D eigenvalue weighted by Crippen LogP contribution is 2.37. The van der Waals surface area contributed by atoms with Crippen LogP contribution in [0.4, 0.5) is 5.82 Å². The molecule has 0 radical (unpaired) electrons. The van der Waals surface area contributed by atoms with E-state index in [1.165, 1.54) is 19.4 Å². The van der Waals surface area contributed by atoms with Gasteiger partial charge < -0.3 is 15.0 Å². The second-order valence-corrected chi connectivity index (χ2v) is 5.21. The van der Waals surface area contributed by atoms with E-state index in [1.807, 2.05) is 4.57 Å². The Morgan fingerprint density at radius 1 is 1.47 bits per heavy atom. The summed E-state index contributed by atoms with van der Waals surface area (Å²) >= 11 is 0. The topological polar surface area (TPSA) is 73.4 Å². The van der Waals surface area contributed by atoms with Crippen LogP contribution in [0.3, 0.4) is 0 Å². The van der Waals surface area contributed by atoms with E-state index in [9.17, 15) is 4.79 Å². The number of nitrogen functional groups attached to an aromatic ring is 1. The maximum Gasteiger partial charge on any atom is 0.360 e. The highest BCUT2D eigenvalue weighted by molar-refractivity contribution is 5.92. The van der Waals surface area contributed by atoms with Crippen molar-refractivity contribution in [1.29, 1.82) is 0 Å². The third-order valence-electron chi connectivity index (χ3n) is 4.23. The lowest BCUT2D eigenvalue weighted by atomic mass is 10.1. The molecular weight excluding hydrogens is 244 g/mol. The number of rotatable bonds is 3. The van der Waals surface area contributed by atoms with Crippen molar-refractivity contribution in [3.63, 3.8) is 0 Å². The number of carbonyl (C=O) groups is 1. The van der Waals surface area contributed by atoms with E-state index in [0.29, 0.717) is 24.5 Å². The van der Waals surface area contributed by atoms with Crippen LogP contribution in [0.2, 0.25) is 0 Å². The largest absolute Gasteiger partial charge is 0.461 e. The van der Waals surface area contributed by atoms with Crippen molar-refractivity contribution >= 4 is 11.8 Å². The third-order valence-corrected chi connectivity index (χ3v) is 4.23. The molecule has 2 unspecified atom stereocenters. The molecule has 1 aromatic heterocycles. The van der Waals surface area contributed by atoms with Crippen molar-refractivity contribution in [1.82, 2.24) is 14.5 Å². The normalized spacial score (nSPS) is 26.6. The molecule has 2 aliphatic rings. The summed E-state index contributed by atoms with van der Waals surface area (Å²) < 4.78 is 6.93. The van der Waals surface area contributed by atoms with Crippen LogP contribution in [-0.2, 0) is 4.74 Å². The SMILES string of the molecule is CCOC(=O)c1ncn(C2CCN3CCCC23)c1N. The Labute approximate surface area is 112 Å². The predicted molar refractivity (Wildman–Crippen MR) is 70.8 cm³/mol. The zero-order chi connectivity index (χ0) is 13.4. The van der Waals surface area contributed by atoms with Crippen LogP contribution in [0.5, 0.6) is 0 Å². The number of nitrogens with zero attached hydrogens (tertiary/aromatic N) is 3.